The fourth-order valence-electron chi connectivity index (χ4n) is 7.45. The molecule has 6 rings (SSSR count). The molecule has 0 aromatic heterocycles. The lowest BCUT2D eigenvalue weighted by molar-refractivity contribution is -0.146. The molecule has 6 N–H and O–H groups in total. The van der Waals surface area contributed by atoms with Crippen LogP contribution in [0.5, 0.6) is 17.2 Å². The highest BCUT2D eigenvalue weighted by Crippen LogP contribution is 2.34. The van der Waals surface area contributed by atoms with Crippen LogP contribution in [0.15, 0.2) is 109 Å². The third-order valence-electron chi connectivity index (χ3n) is 11.4. The summed E-state index contributed by atoms with van der Waals surface area (Å²) < 4.78 is 96.0. The number of carbonyl (C=O) groups is 9. The minimum Gasteiger partial charge on any atom is -0.507 e. The van der Waals surface area contributed by atoms with Crippen LogP contribution >= 0.6 is 35.3 Å². The van der Waals surface area contributed by atoms with Gasteiger partial charge in [-0.3, -0.25) is 28.8 Å². The standard InChI is InChI=1S/3C20H19F2NO5S/c3*1-3-28-19(26)17(23-11(2)24)10-29-20(27)15-8-12(4-7-18(15)25)14-6-5-13(21)9-16(14)22/h3*4-9,17,25H,3,10H2,1-2H3,(H,23,24)/t2*17-;/m10./s1. The van der Waals surface area contributed by atoms with Gasteiger partial charge < -0.3 is 45.5 Å². The van der Waals surface area contributed by atoms with E-state index in [1.807, 2.05) is 0 Å². The first kappa shape index (κ1) is 70.7. The largest absolute Gasteiger partial charge is 0.507 e. The summed E-state index contributed by atoms with van der Waals surface area (Å²) in [6, 6.07) is 17.7. The average Bonchev–Trinajstić information content (AvgIpc) is 1.74. The van der Waals surface area contributed by atoms with Gasteiger partial charge in [0.2, 0.25) is 33.1 Å². The number of rotatable bonds is 21. The van der Waals surface area contributed by atoms with E-state index < -0.39 is 104 Å². The lowest BCUT2D eigenvalue weighted by Crippen LogP contribution is -2.42. The maximum absolute atomic E-state index is 14.0. The molecule has 0 spiro atoms. The number of benzene rings is 6. The molecule has 87 heavy (non-hydrogen) atoms. The van der Waals surface area contributed by atoms with Gasteiger partial charge in [0.25, 0.3) is 0 Å². The maximum Gasteiger partial charge on any atom is 0.329 e. The average molecular weight is 1270 g/mol. The van der Waals surface area contributed by atoms with Crippen molar-refractivity contribution >= 4 is 86.3 Å². The molecule has 18 nitrogen and oxygen atoms in total. The third-order valence-corrected chi connectivity index (χ3v) is 14.3. The predicted molar refractivity (Wildman–Crippen MR) is 313 cm³/mol. The van der Waals surface area contributed by atoms with E-state index in [0.29, 0.717) is 35.3 Å². The second kappa shape index (κ2) is 34.4. The van der Waals surface area contributed by atoms with Crippen LogP contribution in [0, 0.1) is 34.9 Å². The molecule has 3 atom stereocenters. The summed E-state index contributed by atoms with van der Waals surface area (Å²) >= 11 is 2.07. The Kier molecular flexibility index (Phi) is 27.9. The van der Waals surface area contributed by atoms with Gasteiger partial charge in [0.05, 0.1) is 36.5 Å². The van der Waals surface area contributed by atoms with E-state index in [1.165, 1.54) is 93.6 Å². The normalized spacial score (nSPS) is 11.6. The number of ether oxygens (including phenoxy) is 3. The van der Waals surface area contributed by atoms with E-state index in [2.05, 4.69) is 16.0 Å². The number of hydrogen-bond donors (Lipinski definition) is 6. The fraction of sp³-hybridized carbons (Fsp3) is 0.250. The zero-order chi connectivity index (χ0) is 64.7. The number of aromatic hydroxyl groups is 3. The van der Waals surface area contributed by atoms with Gasteiger partial charge in [-0.05, 0) is 110 Å². The Bertz CT molecular complexity index is 3160. The van der Waals surface area contributed by atoms with Gasteiger partial charge in [0.1, 0.15) is 70.3 Å². The first-order valence-corrected chi connectivity index (χ1v) is 28.8. The van der Waals surface area contributed by atoms with Crippen LogP contribution in [0.25, 0.3) is 33.4 Å². The zero-order valence-electron chi connectivity index (χ0n) is 47.1. The summed E-state index contributed by atoms with van der Waals surface area (Å²) in [5.41, 5.74) is 0.674. The van der Waals surface area contributed by atoms with E-state index in [-0.39, 0.29) is 104 Å². The van der Waals surface area contributed by atoms with Crippen molar-refractivity contribution in [1.82, 2.24) is 16.0 Å². The molecule has 6 aromatic rings. The molecule has 0 aliphatic heterocycles. The topological polar surface area (TPSA) is 278 Å². The fourth-order valence-corrected chi connectivity index (χ4v) is 10.0. The molecule has 27 heteroatoms. The summed E-state index contributed by atoms with van der Waals surface area (Å²) in [6.45, 7) is 8.85. The number of thioether (sulfide) groups is 3. The summed E-state index contributed by atoms with van der Waals surface area (Å²) in [5.74, 6) is -9.45. The number of esters is 3. The molecule has 0 saturated heterocycles. The van der Waals surface area contributed by atoms with E-state index in [9.17, 15) is 84.8 Å². The Morgan fingerprint density at radius 2 is 0.632 bits per heavy atom. The van der Waals surface area contributed by atoms with Crippen molar-refractivity contribution in [3.8, 4) is 50.6 Å². The maximum atomic E-state index is 14.0. The monoisotopic (exact) mass is 1270 g/mol. The van der Waals surface area contributed by atoms with Crippen molar-refractivity contribution in [2.75, 3.05) is 37.1 Å². The molecular formula is C60H57F6N3O15S3. The Balaban J connectivity index is 0.000000279. The number of phenolic OH excluding ortho intramolecular Hbond substituents is 3. The predicted octanol–water partition coefficient (Wildman–Crippen LogP) is 9.84. The smallest absolute Gasteiger partial charge is 0.329 e. The lowest BCUT2D eigenvalue weighted by Gasteiger charge is -2.15. The summed E-state index contributed by atoms with van der Waals surface area (Å²) in [6.07, 6.45) is 0. The number of hydrogen-bond acceptors (Lipinski definition) is 18. The highest BCUT2D eigenvalue weighted by molar-refractivity contribution is 8.14. The number of nitrogens with one attached hydrogen (secondary N) is 3. The van der Waals surface area contributed by atoms with Gasteiger partial charge in [-0.1, -0.05) is 53.5 Å². The van der Waals surface area contributed by atoms with Crippen LogP contribution in [0.1, 0.15) is 72.6 Å². The van der Waals surface area contributed by atoms with Crippen molar-refractivity contribution in [1.29, 1.82) is 0 Å². The molecule has 3 amide bonds. The second-order valence-electron chi connectivity index (χ2n) is 17.9. The third kappa shape index (κ3) is 21.9. The molecule has 0 radical (unpaired) electrons. The van der Waals surface area contributed by atoms with Crippen LogP contribution in [0.2, 0.25) is 0 Å². The highest BCUT2D eigenvalue weighted by Gasteiger charge is 2.27. The van der Waals surface area contributed by atoms with Crippen LogP contribution in [-0.2, 0) is 43.0 Å². The summed E-state index contributed by atoms with van der Waals surface area (Å²) in [7, 11) is 0. The Morgan fingerprint density at radius 1 is 0.391 bits per heavy atom. The van der Waals surface area contributed by atoms with Crippen LogP contribution in [-0.4, -0.2) is 121 Å². The number of halogens is 6. The van der Waals surface area contributed by atoms with Gasteiger partial charge in [0.15, 0.2) is 0 Å². The minimum atomic E-state index is -1.04. The van der Waals surface area contributed by atoms with Gasteiger partial charge in [-0.25, -0.2) is 40.7 Å². The molecule has 6 aromatic carbocycles. The van der Waals surface area contributed by atoms with Gasteiger partial charge in [0, 0.05) is 72.9 Å². The SMILES string of the molecule is CCOC(=O)C(CSC(=O)c1cc(-c2ccc(F)cc2F)ccc1O)NC(C)=O.CCOC(=O)[C@@H](CSC(=O)c1cc(-c2ccc(F)cc2F)ccc1O)NC(C)=O.CCOC(=O)[C@H](CSC(=O)c1cc(-c2ccc(F)cc2F)ccc1O)NC(C)=O. The molecule has 1 unspecified atom stereocenters. The Hall–Kier alpha value is -8.82. The Morgan fingerprint density at radius 3 is 0.839 bits per heavy atom. The summed E-state index contributed by atoms with van der Waals surface area (Å²) in [5, 5.41) is 35.5. The molecule has 0 bridgehead atoms. The first-order valence-electron chi connectivity index (χ1n) is 25.9. The van der Waals surface area contributed by atoms with E-state index in [4.69, 9.17) is 14.2 Å². The van der Waals surface area contributed by atoms with E-state index >= 15 is 0 Å². The van der Waals surface area contributed by atoms with Gasteiger partial charge in [-0.2, -0.15) is 0 Å². The first-order chi connectivity index (χ1) is 41.2. The molecule has 0 aliphatic rings. The molecular weight excluding hydrogens is 1210 g/mol. The highest BCUT2D eigenvalue weighted by atomic mass is 32.2. The van der Waals surface area contributed by atoms with E-state index in [0.717, 1.165) is 36.4 Å². The summed E-state index contributed by atoms with van der Waals surface area (Å²) in [4.78, 5) is 107. The van der Waals surface area contributed by atoms with Crippen LogP contribution < -0.4 is 16.0 Å². The van der Waals surface area contributed by atoms with Crippen molar-refractivity contribution in [3.63, 3.8) is 0 Å². The minimum absolute atomic E-state index is 0.0631. The van der Waals surface area contributed by atoms with Crippen molar-refractivity contribution in [3.05, 3.63) is 161 Å². The molecule has 0 heterocycles. The number of carbonyl (C=O) groups excluding carboxylic acids is 9. The number of phenols is 3. The van der Waals surface area contributed by atoms with E-state index in [1.54, 1.807) is 20.8 Å². The Labute approximate surface area is 507 Å². The van der Waals surface area contributed by atoms with Crippen LogP contribution in [0.3, 0.4) is 0 Å². The van der Waals surface area contributed by atoms with Crippen molar-refractivity contribution in [2.24, 2.45) is 0 Å². The molecule has 0 fully saturated rings. The molecule has 462 valence electrons. The van der Waals surface area contributed by atoms with Gasteiger partial charge in [-0.15, -0.1) is 0 Å². The van der Waals surface area contributed by atoms with Crippen molar-refractivity contribution < 1.29 is 99.0 Å². The molecule has 0 aliphatic carbocycles. The lowest BCUT2D eigenvalue weighted by atomic mass is 10.0. The second-order valence-corrected chi connectivity index (χ2v) is 20.9. The quantitative estimate of drug-likeness (QED) is 0.0222. The number of amides is 3. The van der Waals surface area contributed by atoms with Crippen molar-refractivity contribution in [2.45, 2.75) is 59.7 Å². The van der Waals surface area contributed by atoms with Gasteiger partial charge >= 0.3 is 17.9 Å². The zero-order valence-corrected chi connectivity index (χ0v) is 49.5. The van der Waals surface area contributed by atoms with Crippen LogP contribution in [0.4, 0.5) is 26.3 Å². The molecule has 0 saturated carbocycles.